The summed E-state index contributed by atoms with van der Waals surface area (Å²) in [7, 11) is 0. The van der Waals surface area contributed by atoms with E-state index in [4.69, 9.17) is 10.5 Å². The molecule has 1 aromatic heterocycles. The van der Waals surface area contributed by atoms with Gasteiger partial charge in [0, 0.05) is 18.8 Å². The molecule has 0 saturated carbocycles. The smallest absolute Gasteiger partial charge is 0.261 e. The van der Waals surface area contributed by atoms with Crippen LogP contribution in [0.15, 0.2) is 24.5 Å². The van der Waals surface area contributed by atoms with Crippen LogP contribution in [-0.4, -0.2) is 29.6 Å². The summed E-state index contributed by atoms with van der Waals surface area (Å²) in [5.74, 6) is 0.443. The Morgan fingerprint density at radius 2 is 2.19 bits per heavy atom. The summed E-state index contributed by atoms with van der Waals surface area (Å²) in [5, 5.41) is 2.91. The topological polar surface area (TPSA) is 77.2 Å². The van der Waals surface area contributed by atoms with Crippen molar-refractivity contribution in [3.05, 3.63) is 24.5 Å². The van der Waals surface area contributed by atoms with E-state index in [0.717, 1.165) is 19.3 Å². The van der Waals surface area contributed by atoms with Crippen molar-refractivity contribution in [3.63, 3.8) is 0 Å². The van der Waals surface area contributed by atoms with Crippen molar-refractivity contribution in [2.45, 2.75) is 45.3 Å². The number of hydrogen-bond acceptors (Lipinski definition) is 4. The van der Waals surface area contributed by atoms with Gasteiger partial charge in [-0.3, -0.25) is 9.78 Å². The molecule has 2 unspecified atom stereocenters. The number of halogens is 2. The van der Waals surface area contributed by atoms with Crippen molar-refractivity contribution in [1.82, 2.24) is 10.3 Å². The molecule has 0 aliphatic heterocycles. The number of nitrogens with zero attached hydrogens (tertiary/aromatic N) is 1. The van der Waals surface area contributed by atoms with Gasteiger partial charge in [0.2, 0.25) is 0 Å². The van der Waals surface area contributed by atoms with Crippen LogP contribution in [0, 0.1) is 0 Å². The minimum absolute atomic E-state index is 0. The molecule has 5 nitrogen and oxygen atoms in total. The van der Waals surface area contributed by atoms with Gasteiger partial charge in [-0.05, 0) is 25.5 Å². The number of unbranched alkanes of at least 4 members (excludes halogenated alkanes) is 1. The van der Waals surface area contributed by atoms with Gasteiger partial charge >= 0.3 is 0 Å². The second-order valence-electron chi connectivity index (χ2n) is 4.53. The molecule has 3 N–H and O–H groups in total. The number of aromatic nitrogens is 1. The maximum Gasteiger partial charge on any atom is 0.261 e. The Balaban J connectivity index is 0. The molecule has 1 rings (SSSR count). The third-order valence-electron chi connectivity index (χ3n) is 2.85. The van der Waals surface area contributed by atoms with E-state index >= 15 is 0 Å². The summed E-state index contributed by atoms with van der Waals surface area (Å²) in [5.41, 5.74) is 5.65. The van der Waals surface area contributed by atoms with Gasteiger partial charge in [0.1, 0.15) is 5.75 Å². The maximum absolute atomic E-state index is 12.0. The monoisotopic (exact) mass is 337 g/mol. The Hall–Kier alpha value is -1.04. The van der Waals surface area contributed by atoms with Crippen LogP contribution in [0.25, 0.3) is 0 Å². The lowest BCUT2D eigenvalue weighted by molar-refractivity contribution is -0.128. The lowest BCUT2D eigenvalue weighted by atomic mass is 10.1. The van der Waals surface area contributed by atoms with E-state index in [2.05, 4.69) is 17.2 Å². The highest BCUT2D eigenvalue weighted by Gasteiger charge is 2.18. The molecule has 0 spiro atoms. The molecule has 0 aromatic carbocycles. The molecule has 0 bridgehead atoms. The first-order valence-corrected chi connectivity index (χ1v) is 6.74. The highest BCUT2D eigenvalue weighted by Crippen LogP contribution is 2.09. The maximum atomic E-state index is 12.0. The number of nitrogens with two attached hydrogens (primary N) is 1. The van der Waals surface area contributed by atoms with E-state index in [1.165, 1.54) is 0 Å². The first-order valence-electron chi connectivity index (χ1n) is 6.74. The second-order valence-corrected chi connectivity index (χ2v) is 4.53. The molecule has 21 heavy (non-hydrogen) atoms. The molecule has 0 aliphatic carbocycles. The van der Waals surface area contributed by atoms with Crippen LogP contribution in [-0.2, 0) is 4.79 Å². The van der Waals surface area contributed by atoms with Gasteiger partial charge in [0.05, 0.1) is 6.20 Å². The van der Waals surface area contributed by atoms with E-state index in [0.29, 0.717) is 12.3 Å². The van der Waals surface area contributed by atoms with Crippen molar-refractivity contribution < 1.29 is 9.53 Å². The Morgan fingerprint density at radius 1 is 1.48 bits per heavy atom. The highest BCUT2D eigenvalue weighted by molar-refractivity contribution is 5.85. The number of amides is 1. The first kappa shape index (κ1) is 22.2. The van der Waals surface area contributed by atoms with Crippen LogP contribution in [0.5, 0.6) is 5.75 Å². The fraction of sp³-hybridized carbons (Fsp3) is 0.571. The molecular formula is C14H25Cl2N3O2. The van der Waals surface area contributed by atoms with Gasteiger partial charge in [0.25, 0.3) is 5.91 Å². The number of hydrogen-bond donors (Lipinski definition) is 2. The highest BCUT2D eigenvalue weighted by atomic mass is 35.5. The lowest BCUT2D eigenvalue weighted by Gasteiger charge is -2.20. The molecule has 0 radical (unpaired) electrons. The van der Waals surface area contributed by atoms with Crippen molar-refractivity contribution in [3.8, 4) is 5.75 Å². The standard InChI is InChI=1S/C14H23N3O2.2ClH/c1-3-4-6-12(9-15)17-14(18)11(2)19-13-7-5-8-16-10-13;;/h5,7-8,10-12H,3-4,6,9,15H2,1-2H3,(H,17,18);2*1H. The second kappa shape index (κ2) is 12.7. The van der Waals surface area contributed by atoms with E-state index in [-0.39, 0.29) is 36.8 Å². The molecule has 0 fully saturated rings. The average Bonchev–Trinajstić information content (AvgIpc) is 2.44. The van der Waals surface area contributed by atoms with Crippen molar-refractivity contribution in [1.29, 1.82) is 0 Å². The Labute approximate surface area is 138 Å². The average molecular weight is 338 g/mol. The lowest BCUT2D eigenvalue weighted by Crippen LogP contribution is -2.45. The van der Waals surface area contributed by atoms with E-state index in [1.54, 1.807) is 31.5 Å². The van der Waals surface area contributed by atoms with Gasteiger partial charge in [0.15, 0.2) is 6.10 Å². The predicted molar refractivity (Wildman–Crippen MR) is 89.3 cm³/mol. The first-order chi connectivity index (χ1) is 9.17. The predicted octanol–water partition coefficient (Wildman–Crippen LogP) is 2.33. The Morgan fingerprint density at radius 3 is 2.71 bits per heavy atom. The van der Waals surface area contributed by atoms with E-state index in [9.17, 15) is 4.79 Å². The molecule has 1 heterocycles. The summed E-state index contributed by atoms with van der Waals surface area (Å²) < 4.78 is 5.51. The van der Waals surface area contributed by atoms with Crippen LogP contribution >= 0.6 is 24.8 Å². The summed E-state index contributed by atoms with van der Waals surface area (Å²) in [6, 6.07) is 3.56. The van der Waals surface area contributed by atoms with Crippen LogP contribution in [0.4, 0.5) is 0 Å². The molecular weight excluding hydrogens is 313 g/mol. The normalized spacial score (nSPS) is 12.3. The Bertz CT molecular complexity index is 380. The number of rotatable bonds is 8. The van der Waals surface area contributed by atoms with Gasteiger partial charge in [-0.1, -0.05) is 19.8 Å². The zero-order chi connectivity index (χ0) is 14.1. The Kier molecular flexibility index (Phi) is 13.4. The molecule has 0 aliphatic rings. The summed E-state index contributed by atoms with van der Waals surface area (Å²) in [6.07, 6.45) is 5.74. The summed E-state index contributed by atoms with van der Waals surface area (Å²) in [6.45, 7) is 4.28. The minimum atomic E-state index is -0.556. The zero-order valence-electron chi connectivity index (χ0n) is 12.5. The number of pyridine rings is 1. The fourth-order valence-corrected chi connectivity index (χ4v) is 1.69. The van der Waals surface area contributed by atoms with Gasteiger partial charge in [-0.25, -0.2) is 0 Å². The molecule has 2 atom stereocenters. The van der Waals surface area contributed by atoms with E-state index < -0.39 is 6.10 Å². The molecule has 1 amide bonds. The van der Waals surface area contributed by atoms with Crippen LogP contribution in [0.1, 0.15) is 33.1 Å². The largest absolute Gasteiger partial charge is 0.479 e. The molecule has 122 valence electrons. The van der Waals surface area contributed by atoms with Crippen molar-refractivity contribution >= 4 is 30.7 Å². The molecule has 0 saturated heterocycles. The van der Waals surface area contributed by atoms with Gasteiger partial charge < -0.3 is 15.8 Å². The third-order valence-corrected chi connectivity index (χ3v) is 2.85. The zero-order valence-corrected chi connectivity index (χ0v) is 14.1. The van der Waals surface area contributed by atoms with Gasteiger partial charge in [-0.2, -0.15) is 0 Å². The van der Waals surface area contributed by atoms with Crippen LogP contribution in [0.2, 0.25) is 0 Å². The van der Waals surface area contributed by atoms with E-state index in [1.807, 2.05) is 0 Å². The van der Waals surface area contributed by atoms with Crippen molar-refractivity contribution in [2.24, 2.45) is 5.73 Å². The SMILES string of the molecule is CCCCC(CN)NC(=O)C(C)Oc1cccnc1.Cl.Cl. The summed E-state index contributed by atoms with van der Waals surface area (Å²) >= 11 is 0. The van der Waals surface area contributed by atoms with Gasteiger partial charge in [-0.15, -0.1) is 24.8 Å². The molecule has 7 heteroatoms. The van der Waals surface area contributed by atoms with Crippen LogP contribution < -0.4 is 15.8 Å². The molecule has 1 aromatic rings. The van der Waals surface area contributed by atoms with Crippen molar-refractivity contribution in [2.75, 3.05) is 6.54 Å². The quantitative estimate of drug-likeness (QED) is 0.763. The summed E-state index contributed by atoms with van der Waals surface area (Å²) in [4.78, 5) is 15.9. The minimum Gasteiger partial charge on any atom is -0.479 e. The number of carbonyl (C=O) groups is 1. The third kappa shape index (κ3) is 8.75. The number of nitrogens with one attached hydrogen (secondary N) is 1. The van der Waals surface area contributed by atoms with Crippen LogP contribution in [0.3, 0.4) is 0 Å². The fourth-order valence-electron chi connectivity index (χ4n) is 1.69. The number of carbonyl (C=O) groups excluding carboxylic acids is 1. The number of ether oxygens (including phenoxy) is 1.